The minimum Gasteiger partial charge on any atom is -0.390 e. The highest BCUT2D eigenvalue weighted by atomic mass is 16.3. The summed E-state index contributed by atoms with van der Waals surface area (Å²) in [4.78, 5) is 14.5. The molecule has 0 bridgehead atoms. The number of likely N-dealkylation sites (tertiary alicyclic amines) is 1. The first-order valence-corrected chi connectivity index (χ1v) is 10.2. The van der Waals surface area contributed by atoms with Gasteiger partial charge >= 0.3 is 0 Å². The molecule has 5 heteroatoms. The van der Waals surface area contributed by atoms with Crippen LogP contribution in [0.25, 0.3) is 10.9 Å². The largest absolute Gasteiger partial charge is 0.390 e. The summed E-state index contributed by atoms with van der Waals surface area (Å²) in [5.41, 5.74) is 2.35. The number of aromatic nitrogens is 2. The SMILES string of the molecule is C[C@@H](c1ccc2cnn(C)c2c1)C1CC2(C1)CN(C(=O)C1CC(C)(O)C1)C2. The van der Waals surface area contributed by atoms with Crippen LogP contribution in [0.3, 0.4) is 0 Å². The lowest BCUT2D eigenvalue weighted by Crippen LogP contribution is -2.66. The topological polar surface area (TPSA) is 58.4 Å². The number of rotatable bonds is 3. The van der Waals surface area contributed by atoms with Gasteiger partial charge in [0.25, 0.3) is 0 Å². The fourth-order valence-electron chi connectivity index (χ4n) is 5.73. The molecule has 2 saturated carbocycles. The number of aliphatic hydroxyl groups is 1. The van der Waals surface area contributed by atoms with Gasteiger partial charge < -0.3 is 10.0 Å². The molecule has 0 unspecified atom stereocenters. The number of carbonyl (C=O) groups is 1. The number of nitrogens with zero attached hydrogens (tertiary/aromatic N) is 3. The Morgan fingerprint density at radius 2 is 1.96 bits per heavy atom. The molecule has 1 aromatic heterocycles. The molecule has 1 aromatic carbocycles. The van der Waals surface area contributed by atoms with Crippen molar-refractivity contribution < 1.29 is 9.90 Å². The molecule has 27 heavy (non-hydrogen) atoms. The summed E-state index contributed by atoms with van der Waals surface area (Å²) < 4.78 is 1.95. The molecule has 144 valence electrons. The van der Waals surface area contributed by atoms with Gasteiger partial charge in [-0.2, -0.15) is 5.10 Å². The van der Waals surface area contributed by atoms with Crippen molar-refractivity contribution in [3.05, 3.63) is 30.0 Å². The van der Waals surface area contributed by atoms with Crippen molar-refractivity contribution in [2.45, 2.75) is 51.0 Å². The molecular weight excluding hydrogens is 338 g/mol. The quantitative estimate of drug-likeness (QED) is 0.907. The second kappa shape index (κ2) is 5.57. The first-order valence-electron chi connectivity index (χ1n) is 10.2. The Labute approximate surface area is 160 Å². The van der Waals surface area contributed by atoms with Crippen LogP contribution in [0.2, 0.25) is 0 Å². The summed E-state index contributed by atoms with van der Waals surface area (Å²) in [7, 11) is 2.00. The van der Waals surface area contributed by atoms with E-state index in [4.69, 9.17) is 0 Å². The van der Waals surface area contributed by atoms with Gasteiger partial charge in [0, 0.05) is 36.9 Å². The second-order valence-corrected chi connectivity index (χ2v) is 9.84. The number of benzene rings is 1. The Kier molecular flexibility index (Phi) is 3.55. The fourth-order valence-corrected chi connectivity index (χ4v) is 5.73. The second-order valence-electron chi connectivity index (χ2n) is 9.84. The van der Waals surface area contributed by atoms with E-state index in [0.717, 1.165) is 13.1 Å². The maximum atomic E-state index is 12.5. The predicted molar refractivity (Wildman–Crippen MR) is 104 cm³/mol. The maximum absolute atomic E-state index is 12.5. The van der Waals surface area contributed by atoms with Gasteiger partial charge in [0.2, 0.25) is 5.91 Å². The molecule has 2 heterocycles. The highest BCUT2D eigenvalue weighted by molar-refractivity contribution is 5.81. The van der Waals surface area contributed by atoms with Gasteiger partial charge in [-0.15, -0.1) is 0 Å². The average Bonchev–Trinajstić information content (AvgIpc) is 2.90. The van der Waals surface area contributed by atoms with Crippen LogP contribution in [0, 0.1) is 17.3 Å². The van der Waals surface area contributed by atoms with Crippen LogP contribution in [0.15, 0.2) is 24.4 Å². The Morgan fingerprint density at radius 3 is 2.63 bits per heavy atom. The molecule has 1 N–H and O–H groups in total. The monoisotopic (exact) mass is 367 g/mol. The molecule has 1 saturated heterocycles. The van der Waals surface area contributed by atoms with E-state index >= 15 is 0 Å². The molecule has 0 radical (unpaired) electrons. The Bertz CT molecular complexity index is 893. The smallest absolute Gasteiger partial charge is 0.225 e. The lowest BCUT2D eigenvalue weighted by molar-refractivity contribution is -0.172. The van der Waals surface area contributed by atoms with E-state index < -0.39 is 5.60 Å². The standard InChI is InChI=1S/C22H29N3O2/c1-14(15-4-5-16-11-23-24(3)19(16)6-15)17-9-22(10-17)12-25(13-22)20(26)18-7-21(2,27)8-18/h4-6,11,14,17-18,27H,7-10,12-13H2,1-3H3/t14-,18?,21?/m0/s1. The third kappa shape index (κ3) is 2.70. The summed E-state index contributed by atoms with van der Waals surface area (Å²) in [6.07, 6.45) is 5.63. The van der Waals surface area contributed by atoms with Crippen molar-refractivity contribution in [1.29, 1.82) is 0 Å². The maximum Gasteiger partial charge on any atom is 0.225 e. The van der Waals surface area contributed by atoms with E-state index in [2.05, 4.69) is 30.2 Å². The van der Waals surface area contributed by atoms with Crippen LogP contribution in [0.5, 0.6) is 0 Å². The first-order chi connectivity index (χ1) is 12.8. The molecular formula is C22H29N3O2. The Morgan fingerprint density at radius 1 is 1.26 bits per heavy atom. The number of hydrogen-bond acceptors (Lipinski definition) is 3. The van der Waals surface area contributed by atoms with Crippen LogP contribution in [0.4, 0.5) is 0 Å². The molecule has 1 spiro atoms. The van der Waals surface area contributed by atoms with Gasteiger partial charge in [-0.25, -0.2) is 0 Å². The van der Waals surface area contributed by atoms with Crippen molar-refractivity contribution in [1.82, 2.24) is 14.7 Å². The van der Waals surface area contributed by atoms with Crippen LogP contribution in [0.1, 0.15) is 51.0 Å². The van der Waals surface area contributed by atoms with E-state index in [1.54, 1.807) is 0 Å². The van der Waals surface area contributed by atoms with Crippen LogP contribution < -0.4 is 0 Å². The third-order valence-corrected chi connectivity index (χ3v) is 7.48. The normalized spacial score (nSPS) is 30.7. The lowest BCUT2D eigenvalue weighted by atomic mass is 9.54. The molecule has 3 fully saturated rings. The van der Waals surface area contributed by atoms with Gasteiger partial charge in [0.05, 0.1) is 17.3 Å². The van der Waals surface area contributed by atoms with Crippen LogP contribution in [-0.4, -0.2) is 44.4 Å². The third-order valence-electron chi connectivity index (χ3n) is 7.48. The summed E-state index contributed by atoms with van der Waals surface area (Å²) in [5, 5.41) is 15.4. The molecule has 3 aliphatic rings. The Balaban J connectivity index is 1.17. The zero-order valence-electron chi connectivity index (χ0n) is 16.5. The van der Waals surface area contributed by atoms with Gasteiger partial charge in [0.1, 0.15) is 0 Å². The first kappa shape index (κ1) is 17.2. The molecule has 1 amide bonds. The van der Waals surface area contributed by atoms with Crippen molar-refractivity contribution in [2.24, 2.45) is 24.3 Å². The predicted octanol–water partition coefficient (Wildman–Crippen LogP) is 3.08. The highest BCUT2D eigenvalue weighted by Gasteiger charge is 2.56. The zero-order chi connectivity index (χ0) is 19.0. The minimum atomic E-state index is -0.616. The number of amides is 1. The molecule has 1 aliphatic heterocycles. The minimum absolute atomic E-state index is 0.0535. The van der Waals surface area contributed by atoms with Crippen LogP contribution >= 0.6 is 0 Å². The van der Waals surface area contributed by atoms with Crippen LogP contribution in [-0.2, 0) is 11.8 Å². The van der Waals surface area contributed by atoms with E-state index in [-0.39, 0.29) is 11.8 Å². The average molecular weight is 367 g/mol. The van der Waals surface area contributed by atoms with Crippen molar-refractivity contribution in [3.63, 3.8) is 0 Å². The van der Waals surface area contributed by atoms with Crippen molar-refractivity contribution in [2.75, 3.05) is 13.1 Å². The van der Waals surface area contributed by atoms with Crippen molar-refractivity contribution >= 4 is 16.8 Å². The summed E-state index contributed by atoms with van der Waals surface area (Å²) >= 11 is 0. The van der Waals surface area contributed by atoms with Gasteiger partial charge in [-0.05, 0) is 56.1 Å². The number of fused-ring (bicyclic) bond motifs is 1. The highest BCUT2D eigenvalue weighted by Crippen LogP contribution is 2.57. The fraction of sp³-hybridized carbons (Fsp3) is 0.636. The number of aryl methyl sites for hydroxylation is 1. The number of carbonyl (C=O) groups excluding carboxylic acids is 1. The van der Waals surface area contributed by atoms with Gasteiger partial charge in [-0.1, -0.05) is 19.1 Å². The zero-order valence-corrected chi connectivity index (χ0v) is 16.5. The van der Waals surface area contributed by atoms with E-state index in [0.29, 0.717) is 30.1 Å². The summed E-state index contributed by atoms with van der Waals surface area (Å²) in [6, 6.07) is 6.72. The molecule has 2 aliphatic carbocycles. The summed E-state index contributed by atoms with van der Waals surface area (Å²) in [5.74, 6) is 1.57. The van der Waals surface area contributed by atoms with E-state index in [1.165, 1.54) is 29.3 Å². The van der Waals surface area contributed by atoms with Gasteiger partial charge in [0.15, 0.2) is 0 Å². The summed E-state index contributed by atoms with van der Waals surface area (Å²) in [6.45, 7) is 6.02. The molecule has 5 rings (SSSR count). The van der Waals surface area contributed by atoms with E-state index in [9.17, 15) is 9.90 Å². The Hall–Kier alpha value is -1.88. The van der Waals surface area contributed by atoms with E-state index in [1.807, 2.05) is 29.7 Å². The van der Waals surface area contributed by atoms with Crippen molar-refractivity contribution in [3.8, 4) is 0 Å². The lowest BCUT2D eigenvalue weighted by Gasteiger charge is -2.61. The molecule has 1 atom stereocenters. The van der Waals surface area contributed by atoms with Gasteiger partial charge in [-0.3, -0.25) is 9.48 Å². The number of hydrogen-bond donors (Lipinski definition) is 1. The molecule has 2 aromatic rings. The molecule has 5 nitrogen and oxygen atoms in total.